The molecule has 0 spiro atoms. The number of phenols is 1. The molecule has 200 valence electrons. The van der Waals surface area contributed by atoms with Gasteiger partial charge < -0.3 is 37.4 Å². The predicted octanol–water partition coefficient (Wildman–Crippen LogP) is 0.728. The first kappa shape index (κ1) is 29.1. The van der Waals surface area contributed by atoms with E-state index in [2.05, 4.69) is 10.6 Å². The lowest BCUT2D eigenvalue weighted by atomic mass is 9.76. The Bertz CT molecular complexity index is 900. The van der Waals surface area contributed by atoms with Crippen molar-refractivity contribution >= 4 is 23.8 Å². The SMILES string of the molecule is NCCCCC(N)C(=O)NC[C@H](CC1(C(=O)N[C@@H](Cc2ccc(O)cc2)C(=O)O)CCCC1)C(=O)O. The third-order valence-corrected chi connectivity index (χ3v) is 6.84. The van der Waals surface area contributed by atoms with E-state index in [1.807, 2.05) is 0 Å². The monoisotopic (exact) mass is 506 g/mol. The molecule has 0 saturated heterocycles. The zero-order chi connectivity index (χ0) is 26.7. The van der Waals surface area contributed by atoms with Crippen molar-refractivity contribution in [1.82, 2.24) is 10.6 Å². The third kappa shape index (κ3) is 8.49. The number of rotatable bonds is 15. The van der Waals surface area contributed by atoms with Crippen LogP contribution in [0, 0.1) is 11.3 Å². The van der Waals surface area contributed by atoms with Crippen LogP contribution in [0.3, 0.4) is 0 Å². The molecule has 11 nitrogen and oxygen atoms in total. The summed E-state index contributed by atoms with van der Waals surface area (Å²) in [7, 11) is 0. The molecular formula is C25H38N4O7. The fourth-order valence-corrected chi connectivity index (χ4v) is 4.67. The minimum absolute atomic E-state index is 0.0118. The smallest absolute Gasteiger partial charge is 0.326 e. The molecule has 36 heavy (non-hydrogen) atoms. The van der Waals surface area contributed by atoms with Crippen molar-refractivity contribution in [3.05, 3.63) is 29.8 Å². The molecule has 9 N–H and O–H groups in total. The summed E-state index contributed by atoms with van der Waals surface area (Å²) in [5.74, 6) is -4.30. The number of nitrogens with two attached hydrogens (primary N) is 2. The molecule has 1 fully saturated rings. The van der Waals surface area contributed by atoms with E-state index in [1.165, 1.54) is 12.1 Å². The molecule has 0 aliphatic heterocycles. The maximum Gasteiger partial charge on any atom is 0.326 e. The number of carbonyl (C=O) groups is 4. The van der Waals surface area contributed by atoms with Crippen molar-refractivity contribution in [3.63, 3.8) is 0 Å². The third-order valence-electron chi connectivity index (χ3n) is 6.84. The molecule has 0 radical (unpaired) electrons. The molecule has 2 amide bonds. The lowest BCUT2D eigenvalue weighted by Crippen LogP contribution is -2.50. The van der Waals surface area contributed by atoms with Gasteiger partial charge in [0.1, 0.15) is 11.8 Å². The van der Waals surface area contributed by atoms with Crippen LogP contribution >= 0.6 is 0 Å². The second-order valence-corrected chi connectivity index (χ2v) is 9.60. The standard InChI is InChI=1S/C25H38N4O7/c26-12-4-1-5-19(27)21(31)28-15-17(22(32)33)14-25(10-2-3-11-25)24(36)29-20(23(34)35)13-16-6-8-18(30)9-7-16/h6-9,17,19-20,30H,1-5,10-15,26-27H2,(H,28,31)(H,29,36)(H,32,33)(H,34,35)/t17-,19?,20-/m0/s1. The highest BCUT2D eigenvalue weighted by molar-refractivity contribution is 5.88. The van der Waals surface area contributed by atoms with Crippen LogP contribution in [0.5, 0.6) is 5.75 Å². The fourth-order valence-electron chi connectivity index (χ4n) is 4.67. The second kappa shape index (κ2) is 13.8. The Morgan fingerprint density at radius 2 is 1.64 bits per heavy atom. The van der Waals surface area contributed by atoms with Crippen LogP contribution in [0.25, 0.3) is 0 Å². The van der Waals surface area contributed by atoms with E-state index in [9.17, 15) is 34.5 Å². The zero-order valence-corrected chi connectivity index (χ0v) is 20.4. The number of aromatic hydroxyl groups is 1. The van der Waals surface area contributed by atoms with Crippen LogP contribution in [0.1, 0.15) is 56.9 Å². The van der Waals surface area contributed by atoms with E-state index in [1.54, 1.807) is 12.1 Å². The van der Waals surface area contributed by atoms with E-state index < -0.39 is 47.2 Å². The first-order valence-corrected chi connectivity index (χ1v) is 12.4. The Balaban J connectivity index is 2.06. The fraction of sp³-hybridized carbons (Fsp3) is 0.600. The summed E-state index contributed by atoms with van der Waals surface area (Å²) < 4.78 is 0. The number of carbonyl (C=O) groups excluding carboxylic acids is 2. The number of aliphatic carboxylic acids is 2. The van der Waals surface area contributed by atoms with Gasteiger partial charge in [-0.2, -0.15) is 0 Å². The van der Waals surface area contributed by atoms with Crippen LogP contribution < -0.4 is 22.1 Å². The maximum absolute atomic E-state index is 13.4. The number of hydrogen-bond donors (Lipinski definition) is 7. The molecule has 1 unspecified atom stereocenters. The lowest BCUT2D eigenvalue weighted by molar-refractivity contribution is -0.147. The van der Waals surface area contributed by atoms with Crippen LogP contribution in [0.2, 0.25) is 0 Å². The average Bonchev–Trinajstić information content (AvgIpc) is 3.32. The van der Waals surface area contributed by atoms with Gasteiger partial charge in [0.2, 0.25) is 11.8 Å². The molecule has 11 heteroatoms. The number of phenolic OH excluding ortho intramolecular Hbond substituents is 1. The summed E-state index contributed by atoms with van der Waals surface area (Å²) in [4.78, 5) is 49.5. The van der Waals surface area contributed by atoms with Crippen LogP contribution in [0.4, 0.5) is 0 Å². The van der Waals surface area contributed by atoms with Gasteiger partial charge in [-0.3, -0.25) is 14.4 Å². The van der Waals surface area contributed by atoms with Crippen molar-refractivity contribution in [2.45, 2.75) is 69.9 Å². The zero-order valence-electron chi connectivity index (χ0n) is 20.4. The molecule has 1 aliphatic carbocycles. The van der Waals surface area contributed by atoms with E-state index in [0.717, 1.165) is 6.42 Å². The number of carboxylic acids is 2. The van der Waals surface area contributed by atoms with Gasteiger partial charge in [0.05, 0.1) is 17.4 Å². The summed E-state index contributed by atoms with van der Waals surface area (Å²) in [6.07, 6.45) is 4.14. The van der Waals surface area contributed by atoms with Crippen LogP contribution in [-0.4, -0.2) is 64.2 Å². The molecule has 1 aliphatic rings. The van der Waals surface area contributed by atoms with Crippen molar-refractivity contribution in [3.8, 4) is 5.75 Å². The highest BCUT2D eigenvalue weighted by Crippen LogP contribution is 2.43. The van der Waals surface area contributed by atoms with Gasteiger partial charge in [0.25, 0.3) is 0 Å². The first-order valence-electron chi connectivity index (χ1n) is 12.4. The summed E-state index contributed by atoms with van der Waals surface area (Å²) in [5, 5.41) is 34.1. The molecule has 0 heterocycles. The van der Waals surface area contributed by atoms with E-state index in [4.69, 9.17) is 11.5 Å². The van der Waals surface area contributed by atoms with Crippen molar-refractivity contribution in [1.29, 1.82) is 0 Å². The molecule has 1 aromatic carbocycles. The molecule has 3 atom stereocenters. The van der Waals surface area contributed by atoms with Gasteiger partial charge in [0, 0.05) is 13.0 Å². The van der Waals surface area contributed by atoms with Gasteiger partial charge in [-0.15, -0.1) is 0 Å². The van der Waals surface area contributed by atoms with Gasteiger partial charge >= 0.3 is 11.9 Å². The van der Waals surface area contributed by atoms with Crippen LogP contribution in [-0.2, 0) is 25.6 Å². The second-order valence-electron chi connectivity index (χ2n) is 9.60. The van der Waals surface area contributed by atoms with E-state index in [-0.39, 0.29) is 25.1 Å². The van der Waals surface area contributed by atoms with Crippen molar-refractivity contribution in [2.75, 3.05) is 13.1 Å². The molecular weight excluding hydrogens is 468 g/mol. The summed E-state index contributed by atoms with van der Waals surface area (Å²) >= 11 is 0. The van der Waals surface area contributed by atoms with Gasteiger partial charge in [0.15, 0.2) is 0 Å². The van der Waals surface area contributed by atoms with E-state index in [0.29, 0.717) is 50.6 Å². The quantitative estimate of drug-likeness (QED) is 0.167. The number of unbranched alkanes of at least 4 members (excludes halogenated alkanes) is 1. The van der Waals surface area contributed by atoms with Gasteiger partial charge in [-0.25, -0.2) is 4.79 Å². The topological polar surface area (TPSA) is 205 Å². The maximum atomic E-state index is 13.4. The summed E-state index contributed by atoms with van der Waals surface area (Å²) in [6, 6.07) is 4.04. The first-order chi connectivity index (χ1) is 17.1. The molecule has 1 aromatic rings. The summed E-state index contributed by atoms with van der Waals surface area (Å²) in [5.41, 5.74) is 10.9. The molecule has 0 bridgehead atoms. The van der Waals surface area contributed by atoms with Crippen molar-refractivity contribution in [2.24, 2.45) is 22.8 Å². The average molecular weight is 507 g/mol. The largest absolute Gasteiger partial charge is 0.508 e. The number of amides is 2. The van der Waals surface area contributed by atoms with E-state index >= 15 is 0 Å². The molecule has 1 saturated carbocycles. The van der Waals surface area contributed by atoms with Gasteiger partial charge in [-0.1, -0.05) is 31.4 Å². The van der Waals surface area contributed by atoms with Gasteiger partial charge in [-0.05, 0) is 56.3 Å². The number of benzene rings is 1. The Labute approximate surface area is 210 Å². The highest BCUT2D eigenvalue weighted by atomic mass is 16.4. The molecule has 2 rings (SSSR count). The van der Waals surface area contributed by atoms with Crippen molar-refractivity contribution < 1.29 is 34.5 Å². The Kier molecular flexibility index (Phi) is 11.1. The number of carboxylic acid groups (broad SMARTS) is 2. The molecule has 0 aromatic heterocycles. The minimum atomic E-state index is -1.21. The summed E-state index contributed by atoms with van der Waals surface area (Å²) in [6.45, 7) is 0.320. The Morgan fingerprint density at radius 1 is 1.00 bits per heavy atom. The Hall–Kier alpha value is -3.18. The number of nitrogens with one attached hydrogen (secondary N) is 2. The Morgan fingerprint density at radius 3 is 2.19 bits per heavy atom. The highest BCUT2D eigenvalue weighted by Gasteiger charge is 2.45. The normalized spacial score (nSPS) is 17.1. The van der Waals surface area contributed by atoms with Crippen LogP contribution in [0.15, 0.2) is 24.3 Å². The minimum Gasteiger partial charge on any atom is -0.508 e. The lowest BCUT2D eigenvalue weighted by Gasteiger charge is -2.32. The number of hydrogen-bond acceptors (Lipinski definition) is 7. The predicted molar refractivity (Wildman–Crippen MR) is 132 cm³/mol.